The highest BCUT2D eigenvalue weighted by Gasteiger charge is 2.28. The van der Waals surface area contributed by atoms with Crippen molar-refractivity contribution in [2.75, 3.05) is 13.2 Å². The molecule has 1 aromatic heterocycles. The van der Waals surface area contributed by atoms with Crippen LogP contribution in [0, 0.1) is 0 Å². The highest BCUT2D eigenvalue weighted by atomic mass is 16.5. The molecule has 0 radical (unpaired) electrons. The van der Waals surface area contributed by atoms with Crippen LogP contribution in [0.5, 0.6) is 5.75 Å². The Kier molecular flexibility index (Phi) is 4.07. The number of rotatable bonds is 4. The van der Waals surface area contributed by atoms with Crippen LogP contribution >= 0.6 is 0 Å². The SMILES string of the molecule is CCOC(=O)CC1OCCc2c1[nH]c1c(CC)c(O)ccc21. The van der Waals surface area contributed by atoms with Gasteiger partial charge in [-0.1, -0.05) is 6.92 Å². The predicted molar refractivity (Wildman–Crippen MR) is 83.0 cm³/mol. The van der Waals surface area contributed by atoms with E-state index >= 15 is 0 Å². The summed E-state index contributed by atoms with van der Waals surface area (Å²) >= 11 is 0. The van der Waals surface area contributed by atoms with Crippen molar-refractivity contribution < 1.29 is 19.4 Å². The Labute approximate surface area is 129 Å². The van der Waals surface area contributed by atoms with Crippen molar-refractivity contribution in [2.45, 2.75) is 39.2 Å². The van der Waals surface area contributed by atoms with Gasteiger partial charge in [0.2, 0.25) is 0 Å². The minimum atomic E-state index is -0.304. The van der Waals surface area contributed by atoms with Crippen LogP contribution in [-0.4, -0.2) is 29.3 Å². The van der Waals surface area contributed by atoms with Crippen LogP contribution < -0.4 is 0 Å². The fraction of sp³-hybridized carbons (Fsp3) is 0.471. The van der Waals surface area contributed by atoms with E-state index in [0.717, 1.165) is 35.0 Å². The standard InChI is InChI=1S/C17H21NO4/c1-3-10-13(19)6-5-11-12-7-8-22-14(9-15(20)21-4-2)17(12)18-16(10)11/h5-6,14,18-19H,3-4,7-9H2,1-2H3. The average molecular weight is 303 g/mol. The fourth-order valence-corrected chi connectivity index (χ4v) is 3.21. The van der Waals surface area contributed by atoms with E-state index in [1.54, 1.807) is 13.0 Å². The largest absolute Gasteiger partial charge is 0.508 e. The number of phenolic OH excluding ortho intramolecular Hbond substituents is 1. The number of H-pyrrole nitrogens is 1. The van der Waals surface area contributed by atoms with Crippen LogP contribution in [0.15, 0.2) is 12.1 Å². The molecule has 1 atom stereocenters. The van der Waals surface area contributed by atoms with Gasteiger partial charge in [0.25, 0.3) is 0 Å². The third-order valence-corrected chi connectivity index (χ3v) is 4.20. The number of phenols is 1. The molecule has 0 bridgehead atoms. The molecule has 1 aliphatic heterocycles. The summed E-state index contributed by atoms with van der Waals surface area (Å²) in [6.07, 6.45) is 1.46. The topological polar surface area (TPSA) is 71.5 Å². The number of aromatic amines is 1. The minimum absolute atomic E-state index is 0.209. The Morgan fingerprint density at radius 1 is 1.45 bits per heavy atom. The van der Waals surface area contributed by atoms with E-state index in [2.05, 4.69) is 4.98 Å². The van der Waals surface area contributed by atoms with Gasteiger partial charge < -0.3 is 19.6 Å². The lowest BCUT2D eigenvalue weighted by molar-refractivity contribution is -0.146. The van der Waals surface area contributed by atoms with E-state index in [9.17, 15) is 9.90 Å². The number of aromatic nitrogens is 1. The number of benzene rings is 1. The van der Waals surface area contributed by atoms with Crippen molar-refractivity contribution in [1.29, 1.82) is 0 Å². The predicted octanol–water partition coefficient (Wildman–Crippen LogP) is 3.00. The van der Waals surface area contributed by atoms with Gasteiger partial charge in [-0.2, -0.15) is 0 Å². The summed E-state index contributed by atoms with van der Waals surface area (Å²) in [6.45, 7) is 4.77. The Morgan fingerprint density at radius 2 is 2.27 bits per heavy atom. The highest BCUT2D eigenvalue weighted by molar-refractivity contribution is 5.89. The van der Waals surface area contributed by atoms with E-state index in [0.29, 0.717) is 19.0 Å². The molecule has 1 unspecified atom stereocenters. The van der Waals surface area contributed by atoms with Crippen LogP contribution in [0.2, 0.25) is 0 Å². The lowest BCUT2D eigenvalue weighted by Crippen LogP contribution is -2.19. The van der Waals surface area contributed by atoms with Crippen molar-refractivity contribution >= 4 is 16.9 Å². The third kappa shape index (κ3) is 2.46. The number of fused-ring (bicyclic) bond motifs is 3. The highest BCUT2D eigenvalue weighted by Crippen LogP contribution is 2.37. The number of hydrogen-bond donors (Lipinski definition) is 2. The molecule has 0 fully saturated rings. The van der Waals surface area contributed by atoms with Gasteiger partial charge in [0.1, 0.15) is 11.9 Å². The molecule has 0 aliphatic carbocycles. The van der Waals surface area contributed by atoms with Crippen molar-refractivity contribution in [1.82, 2.24) is 4.98 Å². The van der Waals surface area contributed by atoms with Crippen molar-refractivity contribution in [3.63, 3.8) is 0 Å². The molecule has 0 saturated carbocycles. The molecule has 0 saturated heterocycles. The first-order valence-electron chi connectivity index (χ1n) is 7.78. The lowest BCUT2D eigenvalue weighted by Gasteiger charge is -2.22. The van der Waals surface area contributed by atoms with Gasteiger partial charge in [-0.15, -0.1) is 0 Å². The first-order valence-corrected chi connectivity index (χ1v) is 7.78. The second-order valence-electron chi connectivity index (χ2n) is 5.48. The second-order valence-corrected chi connectivity index (χ2v) is 5.48. The van der Waals surface area contributed by atoms with Crippen molar-refractivity contribution in [2.24, 2.45) is 0 Å². The number of carbonyl (C=O) groups excluding carboxylic acids is 1. The monoisotopic (exact) mass is 303 g/mol. The van der Waals surface area contributed by atoms with E-state index in [-0.39, 0.29) is 18.5 Å². The summed E-state index contributed by atoms with van der Waals surface area (Å²) in [5, 5.41) is 11.1. The Bertz CT molecular complexity index is 704. The summed E-state index contributed by atoms with van der Waals surface area (Å²) in [5.41, 5.74) is 3.98. The zero-order valence-electron chi connectivity index (χ0n) is 12.9. The van der Waals surface area contributed by atoms with E-state index in [4.69, 9.17) is 9.47 Å². The maximum absolute atomic E-state index is 11.8. The third-order valence-electron chi connectivity index (χ3n) is 4.20. The first-order chi connectivity index (χ1) is 10.7. The van der Waals surface area contributed by atoms with Gasteiger partial charge in [0.05, 0.1) is 25.2 Å². The summed E-state index contributed by atoms with van der Waals surface area (Å²) in [5.74, 6) is 0.0500. The van der Waals surface area contributed by atoms with E-state index in [1.807, 2.05) is 13.0 Å². The Hall–Kier alpha value is -2.01. The van der Waals surface area contributed by atoms with Gasteiger partial charge in [0, 0.05) is 16.6 Å². The molecule has 5 nitrogen and oxygen atoms in total. The van der Waals surface area contributed by atoms with Crippen molar-refractivity contribution in [3.8, 4) is 5.75 Å². The summed E-state index contributed by atoms with van der Waals surface area (Å²) in [4.78, 5) is 15.1. The first kappa shape index (κ1) is 14.9. The summed E-state index contributed by atoms with van der Waals surface area (Å²) in [6, 6.07) is 3.68. The number of nitrogens with one attached hydrogen (secondary N) is 1. The zero-order chi connectivity index (χ0) is 15.7. The van der Waals surface area contributed by atoms with Gasteiger partial charge in [-0.25, -0.2) is 0 Å². The zero-order valence-corrected chi connectivity index (χ0v) is 12.9. The van der Waals surface area contributed by atoms with E-state index in [1.165, 1.54) is 5.56 Å². The van der Waals surface area contributed by atoms with Gasteiger partial charge in [-0.05, 0) is 37.5 Å². The smallest absolute Gasteiger partial charge is 0.308 e. The molecule has 2 heterocycles. The lowest BCUT2D eigenvalue weighted by atomic mass is 9.99. The van der Waals surface area contributed by atoms with Crippen LogP contribution in [0.25, 0.3) is 10.9 Å². The molecule has 22 heavy (non-hydrogen) atoms. The molecule has 3 rings (SSSR count). The maximum atomic E-state index is 11.8. The van der Waals surface area contributed by atoms with Crippen LogP contribution in [0.4, 0.5) is 0 Å². The molecule has 2 N–H and O–H groups in total. The molecule has 5 heteroatoms. The normalized spacial score (nSPS) is 17.5. The number of hydrogen-bond acceptors (Lipinski definition) is 4. The maximum Gasteiger partial charge on any atom is 0.308 e. The summed E-state index contributed by atoms with van der Waals surface area (Å²) in [7, 11) is 0. The molecule has 1 aliphatic rings. The molecule has 1 aromatic carbocycles. The molecule has 0 amide bonds. The fourth-order valence-electron chi connectivity index (χ4n) is 3.21. The molecular formula is C17H21NO4. The van der Waals surface area contributed by atoms with Crippen LogP contribution in [0.3, 0.4) is 0 Å². The molecule has 2 aromatic rings. The van der Waals surface area contributed by atoms with Crippen molar-refractivity contribution in [3.05, 3.63) is 29.0 Å². The van der Waals surface area contributed by atoms with E-state index < -0.39 is 0 Å². The molecule has 118 valence electrons. The number of ether oxygens (including phenoxy) is 2. The molecule has 0 spiro atoms. The number of esters is 1. The quantitative estimate of drug-likeness (QED) is 0.852. The van der Waals surface area contributed by atoms with Gasteiger partial charge in [0.15, 0.2) is 0 Å². The molecular weight excluding hydrogens is 282 g/mol. The number of aromatic hydroxyl groups is 1. The van der Waals surface area contributed by atoms with Gasteiger partial charge in [-0.3, -0.25) is 4.79 Å². The Morgan fingerprint density at radius 3 is 3.00 bits per heavy atom. The average Bonchev–Trinajstić information content (AvgIpc) is 2.87. The van der Waals surface area contributed by atoms with Gasteiger partial charge >= 0.3 is 5.97 Å². The second kappa shape index (κ2) is 6.01. The van der Waals surface area contributed by atoms with Crippen LogP contribution in [-0.2, 0) is 27.1 Å². The number of aryl methyl sites for hydroxylation is 1. The summed E-state index contributed by atoms with van der Waals surface area (Å²) < 4.78 is 10.8. The van der Waals surface area contributed by atoms with Crippen LogP contribution in [0.1, 0.15) is 43.2 Å². The number of carbonyl (C=O) groups is 1. The Balaban J connectivity index is 2.03. The minimum Gasteiger partial charge on any atom is -0.508 e.